The Morgan fingerprint density at radius 2 is 1.85 bits per heavy atom. The van der Waals surface area contributed by atoms with Crippen LogP contribution in [0.4, 0.5) is 10.1 Å². The summed E-state index contributed by atoms with van der Waals surface area (Å²) >= 11 is 0. The molecule has 1 unspecified atom stereocenters. The molecular formula is C27H34FN3O3. The molecule has 1 saturated carbocycles. The second kappa shape index (κ2) is 10.3. The zero-order valence-electron chi connectivity index (χ0n) is 19.5. The highest BCUT2D eigenvalue weighted by Crippen LogP contribution is 2.31. The number of carbonyl (C=O) groups excluding carboxylic acids is 1. The number of nitrogens with one attached hydrogen (secondary N) is 1. The molecule has 2 saturated heterocycles. The number of halogens is 1. The van der Waals surface area contributed by atoms with Gasteiger partial charge in [-0.15, -0.1) is 0 Å². The largest absolute Gasteiger partial charge is 0.487 e. The van der Waals surface area contributed by atoms with E-state index in [1.807, 2.05) is 18.2 Å². The van der Waals surface area contributed by atoms with Gasteiger partial charge in [0, 0.05) is 25.3 Å². The molecule has 1 aliphatic carbocycles. The maximum Gasteiger partial charge on any atom is 0.225 e. The molecule has 3 aliphatic rings. The van der Waals surface area contributed by atoms with Gasteiger partial charge in [-0.1, -0.05) is 24.3 Å². The summed E-state index contributed by atoms with van der Waals surface area (Å²) in [5.74, 6) is -0.426. The third-order valence-electron chi connectivity index (χ3n) is 7.16. The van der Waals surface area contributed by atoms with Crippen LogP contribution in [0.5, 0.6) is 5.75 Å². The van der Waals surface area contributed by atoms with Crippen LogP contribution in [0.25, 0.3) is 0 Å². The molecular weight excluding hydrogens is 433 g/mol. The number of ether oxygens (including phenoxy) is 1. The molecule has 5 rings (SSSR count). The minimum Gasteiger partial charge on any atom is -0.487 e. The normalized spacial score (nSPS) is 22.5. The lowest BCUT2D eigenvalue weighted by atomic mass is 9.99. The molecule has 182 valence electrons. The Balaban J connectivity index is 1.26. The molecule has 3 atom stereocenters. The van der Waals surface area contributed by atoms with Gasteiger partial charge in [-0.2, -0.15) is 0 Å². The zero-order chi connectivity index (χ0) is 23.5. The predicted octanol–water partition coefficient (Wildman–Crippen LogP) is 3.51. The number of aliphatic hydroxyl groups is 1. The highest BCUT2D eigenvalue weighted by Gasteiger charge is 2.33. The van der Waals surface area contributed by atoms with Crippen molar-refractivity contribution in [3.8, 4) is 5.75 Å². The highest BCUT2D eigenvalue weighted by atomic mass is 19.1. The molecule has 2 aliphatic heterocycles. The van der Waals surface area contributed by atoms with Crippen LogP contribution in [0.1, 0.15) is 43.8 Å². The van der Waals surface area contributed by atoms with Crippen molar-refractivity contribution in [3.63, 3.8) is 0 Å². The Bertz CT molecular complexity index is 978. The Kier molecular flexibility index (Phi) is 7.02. The number of hydrogen-bond acceptors (Lipinski definition) is 5. The van der Waals surface area contributed by atoms with Gasteiger partial charge < -0.3 is 25.0 Å². The number of amides is 1. The number of nitrogens with zero attached hydrogens (tertiary/aromatic N) is 2. The lowest BCUT2D eigenvalue weighted by molar-refractivity contribution is -0.126. The molecule has 0 radical (unpaired) electrons. The van der Waals surface area contributed by atoms with Crippen molar-refractivity contribution in [3.05, 3.63) is 59.9 Å². The molecule has 2 N–H and O–H groups in total. The van der Waals surface area contributed by atoms with E-state index >= 15 is 0 Å². The molecule has 2 aromatic carbocycles. The van der Waals surface area contributed by atoms with Crippen molar-refractivity contribution < 1.29 is 19.0 Å². The summed E-state index contributed by atoms with van der Waals surface area (Å²) in [5, 5.41) is 14.3. The fourth-order valence-corrected chi connectivity index (χ4v) is 5.01. The second-order valence-electron chi connectivity index (χ2n) is 9.84. The molecule has 0 bridgehead atoms. The smallest absolute Gasteiger partial charge is 0.225 e. The first-order valence-electron chi connectivity index (χ1n) is 12.5. The van der Waals surface area contributed by atoms with Crippen molar-refractivity contribution in [2.75, 3.05) is 37.6 Å². The summed E-state index contributed by atoms with van der Waals surface area (Å²) in [6.07, 6.45) is 4.03. The third-order valence-corrected chi connectivity index (χ3v) is 7.16. The van der Waals surface area contributed by atoms with Crippen LogP contribution in [0, 0.1) is 11.7 Å². The van der Waals surface area contributed by atoms with E-state index in [9.17, 15) is 14.3 Å². The van der Waals surface area contributed by atoms with Crippen LogP contribution >= 0.6 is 0 Å². The predicted molar refractivity (Wildman–Crippen MR) is 129 cm³/mol. The number of para-hydroxylation sites is 1. The number of aliphatic hydroxyl groups excluding tert-OH is 1. The first-order chi connectivity index (χ1) is 16.6. The quantitative estimate of drug-likeness (QED) is 0.591. The molecule has 0 spiro atoms. The first kappa shape index (κ1) is 23.1. The molecule has 0 aromatic heterocycles. The highest BCUT2D eigenvalue weighted by molar-refractivity contribution is 5.80. The monoisotopic (exact) mass is 467 g/mol. The van der Waals surface area contributed by atoms with Crippen molar-refractivity contribution in [1.29, 1.82) is 0 Å². The topological polar surface area (TPSA) is 65.0 Å². The van der Waals surface area contributed by atoms with Gasteiger partial charge in [0.05, 0.1) is 18.1 Å². The van der Waals surface area contributed by atoms with E-state index in [-0.39, 0.29) is 23.7 Å². The molecule has 34 heavy (non-hydrogen) atoms. The van der Waals surface area contributed by atoms with E-state index < -0.39 is 18.0 Å². The van der Waals surface area contributed by atoms with Gasteiger partial charge in [0.15, 0.2) is 11.6 Å². The molecule has 7 heteroatoms. The molecule has 1 amide bonds. The van der Waals surface area contributed by atoms with Gasteiger partial charge in [0.25, 0.3) is 0 Å². The lowest BCUT2D eigenvalue weighted by Gasteiger charge is -2.30. The fraction of sp³-hybridized carbons (Fsp3) is 0.519. The van der Waals surface area contributed by atoms with E-state index in [4.69, 9.17) is 4.74 Å². The Morgan fingerprint density at radius 3 is 2.56 bits per heavy atom. The third kappa shape index (κ3) is 5.53. The maximum atomic E-state index is 14.6. The first-order valence-corrected chi connectivity index (χ1v) is 12.5. The van der Waals surface area contributed by atoms with Crippen LogP contribution in [0.2, 0.25) is 0 Å². The van der Waals surface area contributed by atoms with Crippen molar-refractivity contribution in [2.45, 2.75) is 50.4 Å². The lowest BCUT2D eigenvalue weighted by Crippen LogP contribution is -2.48. The summed E-state index contributed by atoms with van der Waals surface area (Å²) in [6, 6.07) is 14.3. The van der Waals surface area contributed by atoms with Gasteiger partial charge in [0.2, 0.25) is 5.91 Å². The number of hydrogen-bond donors (Lipinski definition) is 2. The van der Waals surface area contributed by atoms with E-state index in [1.54, 1.807) is 12.1 Å². The summed E-state index contributed by atoms with van der Waals surface area (Å²) in [5.41, 5.74) is 1.58. The van der Waals surface area contributed by atoms with Crippen LogP contribution < -0.4 is 15.0 Å². The minimum absolute atomic E-state index is 0.0455. The van der Waals surface area contributed by atoms with Crippen LogP contribution in [-0.2, 0) is 4.79 Å². The Labute approximate surface area is 200 Å². The summed E-state index contributed by atoms with van der Waals surface area (Å²) in [4.78, 5) is 17.7. The summed E-state index contributed by atoms with van der Waals surface area (Å²) in [6.45, 7) is 3.93. The number of anilines is 1. The second-order valence-corrected chi connectivity index (χ2v) is 9.84. The van der Waals surface area contributed by atoms with E-state index in [1.165, 1.54) is 6.07 Å². The van der Waals surface area contributed by atoms with E-state index in [0.717, 1.165) is 57.4 Å². The van der Waals surface area contributed by atoms with Gasteiger partial charge >= 0.3 is 0 Å². The Hall–Kier alpha value is -2.64. The van der Waals surface area contributed by atoms with Crippen LogP contribution in [0.3, 0.4) is 0 Å². The van der Waals surface area contributed by atoms with Crippen LogP contribution in [-0.4, -0.2) is 60.8 Å². The average Bonchev–Trinajstić information content (AvgIpc) is 3.30. The number of carbonyl (C=O) groups is 1. The summed E-state index contributed by atoms with van der Waals surface area (Å²) < 4.78 is 20.2. The number of likely N-dealkylation sites (tertiary alicyclic amines) is 1. The minimum atomic E-state index is -0.999. The SMILES string of the molecule is O=C(N[C@H](CN1CCCC1)[C@H](O)c1ccc(OC2CC2)c(F)c1)C1CCN(c2ccccc2)C1. The van der Waals surface area contributed by atoms with E-state index in [0.29, 0.717) is 18.7 Å². The molecule has 2 aromatic rings. The average molecular weight is 468 g/mol. The molecule has 2 heterocycles. The van der Waals surface area contributed by atoms with Gasteiger partial charge in [-0.3, -0.25) is 4.79 Å². The standard InChI is InChI=1S/C27H34FN3O3/c28-23-16-19(8-11-25(23)34-22-9-10-22)26(32)24(18-30-13-4-5-14-30)29-27(33)20-12-15-31(17-20)21-6-2-1-3-7-21/h1-3,6-8,11,16,20,22,24,26,32H,4-5,9-10,12-15,17-18H2,(H,29,33)/t20?,24-,26-/m1/s1. The number of benzene rings is 2. The van der Waals surface area contributed by atoms with Crippen molar-refractivity contribution in [2.24, 2.45) is 5.92 Å². The van der Waals surface area contributed by atoms with Crippen molar-refractivity contribution in [1.82, 2.24) is 10.2 Å². The fourth-order valence-electron chi connectivity index (χ4n) is 5.01. The van der Waals surface area contributed by atoms with Gasteiger partial charge in [-0.25, -0.2) is 4.39 Å². The van der Waals surface area contributed by atoms with E-state index in [2.05, 4.69) is 27.2 Å². The summed E-state index contributed by atoms with van der Waals surface area (Å²) in [7, 11) is 0. The van der Waals surface area contributed by atoms with Gasteiger partial charge in [0.1, 0.15) is 6.10 Å². The maximum absolute atomic E-state index is 14.6. The zero-order valence-corrected chi connectivity index (χ0v) is 19.5. The molecule has 6 nitrogen and oxygen atoms in total. The van der Waals surface area contributed by atoms with Crippen molar-refractivity contribution >= 4 is 11.6 Å². The van der Waals surface area contributed by atoms with Crippen LogP contribution in [0.15, 0.2) is 48.5 Å². The number of rotatable bonds is 9. The molecule has 3 fully saturated rings. The van der Waals surface area contributed by atoms with Gasteiger partial charge in [-0.05, 0) is 75.0 Å². The Morgan fingerprint density at radius 1 is 1.09 bits per heavy atom.